The largest absolute Gasteiger partial charge is 0.384 e. The van der Waals surface area contributed by atoms with E-state index in [4.69, 9.17) is 5.73 Å². The lowest BCUT2D eigenvalue weighted by atomic mass is 9.77. The molecule has 0 aliphatic heterocycles. The van der Waals surface area contributed by atoms with Crippen LogP contribution in [0.25, 0.3) is 16.8 Å². The van der Waals surface area contributed by atoms with Gasteiger partial charge in [-0.25, -0.2) is 13.4 Å². The minimum absolute atomic E-state index is 0.0629. The number of hydrogen-bond donors (Lipinski definition) is 3. The van der Waals surface area contributed by atoms with Gasteiger partial charge in [-0.05, 0) is 38.7 Å². The van der Waals surface area contributed by atoms with Gasteiger partial charge < -0.3 is 20.7 Å². The normalized spacial score (nSPS) is 15.8. The number of aromatic nitrogens is 7. The Balaban J connectivity index is 1.52. The predicted octanol–water partition coefficient (Wildman–Crippen LogP) is 2.26. The maximum absolute atomic E-state index is 13.0. The van der Waals surface area contributed by atoms with Gasteiger partial charge in [-0.15, -0.1) is 10.2 Å². The highest BCUT2D eigenvalue weighted by Gasteiger charge is 2.37. The minimum Gasteiger partial charge on any atom is -0.384 e. The van der Waals surface area contributed by atoms with Gasteiger partial charge in [0.25, 0.3) is 5.91 Å². The van der Waals surface area contributed by atoms with Gasteiger partial charge in [0.15, 0.2) is 15.5 Å². The van der Waals surface area contributed by atoms with E-state index in [1.165, 1.54) is 15.7 Å². The summed E-state index contributed by atoms with van der Waals surface area (Å²) in [5.41, 5.74) is 7.96. The molecule has 1 fully saturated rings. The van der Waals surface area contributed by atoms with Crippen LogP contribution in [0.5, 0.6) is 0 Å². The number of H-pyrrole nitrogens is 1. The number of nitrogens with zero attached hydrogens (tertiary/aromatic N) is 7. The molecule has 1 amide bonds. The molecule has 0 spiro atoms. The van der Waals surface area contributed by atoms with Crippen LogP contribution in [0.3, 0.4) is 0 Å². The van der Waals surface area contributed by atoms with Crippen LogP contribution in [0.15, 0.2) is 48.0 Å². The first-order valence-corrected chi connectivity index (χ1v) is 14.8. The first-order chi connectivity index (χ1) is 19.0. The summed E-state index contributed by atoms with van der Waals surface area (Å²) in [5.74, 6) is -0.333. The third-order valence-corrected chi connectivity index (χ3v) is 8.49. The van der Waals surface area contributed by atoms with Crippen molar-refractivity contribution in [1.29, 1.82) is 0 Å². The van der Waals surface area contributed by atoms with Gasteiger partial charge in [0.05, 0.1) is 17.6 Å². The van der Waals surface area contributed by atoms with Gasteiger partial charge in [0.2, 0.25) is 5.82 Å². The second-order valence-electron chi connectivity index (χ2n) is 10.1. The van der Waals surface area contributed by atoms with Crippen LogP contribution in [0.1, 0.15) is 61.5 Å². The summed E-state index contributed by atoms with van der Waals surface area (Å²) in [6, 6.07) is 3.46. The Hall–Kier alpha value is -4.17. The molecule has 0 radical (unpaired) electrons. The first kappa shape index (κ1) is 27.4. The van der Waals surface area contributed by atoms with Crippen LogP contribution in [0.4, 0.5) is 5.82 Å². The third kappa shape index (κ3) is 4.95. The topological polar surface area (TPSA) is 185 Å². The molecule has 0 aromatic carbocycles. The first-order valence-electron chi connectivity index (χ1n) is 12.9. The number of amides is 1. The van der Waals surface area contributed by atoms with Crippen LogP contribution >= 0.6 is 0 Å². The molecular formula is C26H31N9O4S. The lowest BCUT2D eigenvalue weighted by Gasteiger charge is -2.35. The van der Waals surface area contributed by atoms with Crippen LogP contribution in [-0.4, -0.2) is 71.4 Å². The van der Waals surface area contributed by atoms with Gasteiger partial charge in [0, 0.05) is 42.2 Å². The predicted molar refractivity (Wildman–Crippen MR) is 147 cm³/mol. The van der Waals surface area contributed by atoms with E-state index in [0.717, 1.165) is 12.7 Å². The van der Waals surface area contributed by atoms with E-state index in [0.29, 0.717) is 41.7 Å². The monoisotopic (exact) mass is 565 g/mol. The molecule has 4 aromatic heterocycles. The van der Waals surface area contributed by atoms with Crippen molar-refractivity contribution in [3.8, 4) is 11.1 Å². The molecule has 0 saturated heterocycles. The SMILES string of the molecule is CC[C@H](C)N(/C=C\Cc1nc2c(-c3ccc(C4(O)CCC4)nc3)cnn2c(N)c1S(C)(=O)=O)C(=O)c1nnc[nH]1. The average Bonchev–Trinajstić information content (AvgIpc) is 3.59. The number of rotatable bonds is 9. The molecule has 14 heteroatoms. The highest BCUT2D eigenvalue weighted by molar-refractivity contribution is 7.91. The van der Waals surface area contributed by atoms with E-state index in [1.807, 2.05) is 19.9 Å². The van der Waals surface area contributed by atoms with Crippen LogP contribution in [0.2, 0.25) is 0 Å². The number of sulfone groups is 1. The number of carbonyl (C=O) groups is 1. The fraction of sp³-hybridized carbons (Fsp3) is 0.385. The molecule has 1 atom stereocenters. The lowest BCUT2D eigenvalue weighted by molar-refractivity contribution is -0.0426. The van der Waals surface area contributed by atoms with E-state index in [1.54, 1.807) is 30.7 Å². The number of allylic oxidation sites excluding steroid dienone is 1. The molecule has 1 saturated carbocycles. The number of carbonyl (C=O) groups excluding carboxylic acids is 1. The molecular weight excluding hydrogens is 534 g/mol. The maximum atomic E-state index is 13.0. The molecule has 0 unspecified atom stereocenters. The Morgan fingerprint density at radius 2 is 2.10 bits per heavy atom. The second kappa shape index (κ2) is 10.4. The molecule has 210 valence electrons. The Morgan fingerprint density at radius 3 is 2.67 bits per heavy atom. The molecule has 1 aliphatic carbocycles. The number of aliphatic hydroxyl groups is 1. The van der Waals surface area contributed by atoms with E-state index in [9.17, 15) is 18.3 Å². The fourth-order valence-corrected chi connectivity index (χ4v) is 5.74. The van der Waals surface area contributed by atoms with Crippen molar-refractivity contribution < 1.29 is 18.3 Å². The average molecular weight is 566 g/mol. The van der Waals surface area contributed by atoms with Gasteiger partial charge in [0.1, 0.15) is 22.6 Å². The van der Waals surface area contributed by atoms with Crippen molar-refractivity contribution in [3.05, 3.63) is 60.3 Å². The number of hydrogen-bond acceptors (Lipinski definition) is 10. The Bertz CT molecular complexity index is 1680. The summed E-state index contributed by atoms with van der Waals surface area (Å²) >= 11 is 0. The van der Waals surface area contributed by atoms with E-state index in [-0.39, 0.29) is 40.6 Å². The number of nitrogens with one attached hydrogen (secondary N) is 1. The number of pyridine rings is 1. The number of nitrogens with two attached hydrogens (primary N) is 1. The summed E-state index contributed by atoms with van der Waals surface area (Å²) < 4.78 is 26.8. The van der Waals surface area contributed by atoms with Gasteiger partial charge in [-0.3, -0.25) is 9.78 Å². The molecule has 4 N–H and O–H groups in total. The van der Waals surface area contributed by atoms with Gasteiger partial charge >= 0.3 is 0 Å². The van der Waals surface area contributed by atoms with Gasteiger partial charge in [-0.2, -0.15) is 9.61 Å². The smallest absolute Gasteiger partial charge is 0.295 e. The summed E-state index contributed by atoms with van der Waals surface area (Å²) in [7, 11) is -3.78. The number of anilines is 1. The quantitative estimate of drug-likeness (QED) is 0.272. The third-order valence-electron chi connectivity index (χ3n) is 7.31. The minimum atomic E-state index is -3.78. The Morgan fingerprint density at radius 1 is 1.32 bits per heavy atom. The molecule has 1 aliphatic rings. The second-order valence-corrected chi connectivity index (χ2v) is 12.0. The molecule has 4 heterocycles. The molecule has 40 heavy (non-hydrogen) atoms. The van der Waals surface area contributed by atoms with E-state index in [2.05, 4.69) is 30.2 Å². The van der Waals surface area contributed by atoms with Crippen molar-refractivity contribution in [2.75, 3.05) is 12.0 Å². The van der Waals surface area contributed by atoms with Crippen LogP contribution in [0, 0.1) is 0 Å². The van der Waals surface area contributed by atoms with Crippen molar-refractivity contribution in [3.63, 3.8) is 0 Å². The number of fused-ring (bicyclic) bond motifs is 1. The van der Waals surface area contributed by atoms with E-state index < -0.39 is 15.4 Å². The fourth-order valence-electron chi connectivity index (χ4n) is 4.71. The standard InChI is InChI=1S/C26H31N9O4S/c1-4-16(2)34(25(36)23-29-15-30-33-23)12-5-7-19-21(40(3,38)39)22(27)35-24(32-19)18(14-31-35)17-8-9-20(28-13-17)26(37)10-6-11-26/h5,8-9,12-16,37H,4,6-7,10-11,27H2,1-3H3,(H,29,30,33)/b12-5-/t16-/m0/s1. The van der Waals surface area contributed by atoms with Crippen molar-refractivity contribution in [2.45, 2.75) is 62.5 Å². The van der Waals surface area contributed by atoms with Crippen LogP contribution < -0.4 is 5.73 Å². The Kier molecular flexibility index (Phi) is 7.14. The van der Waals surface area contributed by atoms with Crippen LogP contribution in [-0.2, 0) is 21.9 Å². The molecule has 0 bridgehead atoms. The van der Waals surface area contributed by atoms with Crippen molar-refractivity contribution in [2.24, 2.45) is 0 Å². The molecule has 13 nitrogen and oxygen atoms in total. The molecule has 5 rings (SSSR count). The maximum Gasteiger partial charge on any atom is 0.295 e. The summed E-state index contributed by atoms with van der Waals surface area (Å²) in [5, 5.41) is 22.4. The van der Waals surface area contributed by atoms with E-state index >= 15 is 0 Å². The highest BCUT2D eigenvalue weighted by atomic mass is 32.2. The zero-order valence-corrected chi connectivity index (χ0v) is 23.3. The summed E-state index contributed by atoms with van der Waals surface area (Å²) in [6.07, 6.45) is 11.9. The summed E-state index contributed by atoms with van der Waals surface area (Å²) in [6.45, 7) is 3.84. The zero-order valence-electron chi connectivity index (χ0n) is 22.4. The number of nitrogen functional groups attached to an aromatic ring is 1. The summed E-state index contributed by atoms with van der Waals surface area (Å²) in [4.78, 5) is 26.2. The molecule has 4 aromatic rings. The Labute approximate surface area is 231 Å². The highest BCUT2D eigenvalue weighted by Crippen LogP contribution is 2.40. The lowest BCUT2D eigenvalue weighted by Crippen LogP contribution is -2.34. The number of aromatic amines is 1. The van der Waals surface area contributed by atoms with Crippen molar-refractivity contribution >= 4 is 27.2 Å². The van der Waals surface area contributed by atoms with Gasteiger partial charge in [-0.1, -0.05) is 19.1 Å². The van der Waals surface area contributed by atoms with Crippen molar-refractivity contribution in [1.82, 2.24) is 39.7 Å². The zero-order chi connectivity index (χ0) is 28.7.